The predicted molar refractivity (Wildman–Crippen MR) is 81.2 cm³/mol. The Hall–Kier alpha value is -1.87. The van der Waals surface area contributed by atoms with Crippen LogP contribution in [0.3, 0.4) is 0 Å². The molecule has 0 spiro atoms. The van der Waals surface area contributed by atoms with Crippen molar-refractivity contribution in [2.75, 3.05) is 20.2 Å². The summed E-state index contributed by atoms with van der Waals surface area (Å²) in [5.41, 5.74) is 4.68. The van der Waals surface area contributed by atoms with Gasteiger partial charge in [-0.3, -0.25) is 4.98 Å². The molecule has 20 heavy (non-hydrogen) atoms. The molecule has 1 aromatic heterocycles. The zero-order chi connectivity index (χ0) is 13.9. The van der Waals surface area contributed by atoms with Crippen LogP contribution in [0.4, 0.5) is 0 Å². The second kappa shape index (κ2) is 5.63. The van der Waals surface area contributed by atoms with Crippen molar-refractivity contribution in [1.29, 1.82) is 0 Å². The molecular weight excluding hydrogens is 248 g/mol. The molecule has 0 bridgehead atoms. The third-order valence-electron chi connectivity index (χ3n) is 3.95. The highest BCUT2D eigenvalue weighted by atomic mass is 16.5. The van der Waals surface area contributed by atoms with E-state index in [1.54, 1.807) is 0 Å². The summed E-state index contributed by atoms with van der Waals surface area (Å²) < 4.78 is 5.99. The molecule has 0 fully saturated rings. The molecule has 0 aliphatic carbocycles. The van der Waals surface area contributed by atoms with Crippen LogP contribution in [0.5, 0.6) is 5.75 Å². The molecule has 1 N–H and O–H groups in total. The minimum atomic E-state index is 0.528. The second-order valence-corrected chi connectivity index (χ2v) is 5.25. The third-order valence-corrected chi connectivity index (χ3v) is 3.95. The van der Waals surface area contributed by atoms with Crippen molar-refractivity contribution >= 4 is 0 Å². The number of aromatic nitrogens is 1. The molecule has 3 rings (SSSR count). The Morgan fingerprint density at radius 1 is 1.25 bits per heavy atom. The largest absolute Gasteiger partial charge is 0.493 e. The summed E-state index contributed by atoms with van der Waals surface area (Å²) in [7, 11) is 2.00. The molecule has 1 aliphatic heterocycles. The van der Waals surface area contributed by atoms with Crippen LogP contribution < -0.4 is 10.1 Å². The minimum Gasteiger partial charge on any atom is -0.493 e. The molecule has 1 aliphatic rings. The van der Waals surface area contributed by atoms with Gasteiger partial charge >= 0.3 is 0 Å². The SMILES string of the molecule is CNC[C@H]1CCOc2c(-c3cccnc3C)cccc21. The Morgan fingerprint density at radius 2 is 2.10 bits per heavy atom. The molecule has 0 amide bonds. The maximum Gasteiger partial charge on any atom is 0.130 e. The highest BCUT2D eigenvalue weighted by molar-refractivity contribution is 5.74. The summed E-state index contributed by atoms with van der Waals surface area (Å²) >= 11 is 0. The minimum absolute atomic E-state index is 0.528. The van der Waals surface area contributed by atoms with Gasteiger partial charge in [-0.1, -0.05) is 24.3 Å². The normalized spacial score (nSPS) is 17.4. The molecule has 1 atom stereocenters. The van der Waals surface area contributed by atoms with Crippen LogP contribution >= 0.6 is 0 Å². The van der Waals surface area contributed by atoms with Crippen LogP contribution in [0, 0.1) is 6.92 Å². The number of nitrogens with one attached hydrogen (secondary N) is 1. The van der Waals surface area contributed by atoms with Crippen LogP contribution in [0.15, 0.2) is 36.5 Å². The highest BCUT2D eigenvalue weighted by Gasteiger charge is 2.24. The molecule has 1 aromatic carbocycles. The average molecular weight is 268 g/mol. The van der Waals surface area contributed by atoms with Gasteiger partial charge in [-0.25, -0.2) is 0 Å². The summed E-state index contributed by atoms with van der Waals surface area (Å²) in [5.74, 6) is 1.57. The first-order chi connectivity index (χ1) is 9.81. The number of hydrogen-bond acceptors (Lipinski definition) is 3. The van der Waals surface area contributed by atoms with E-state index in [4.69, 9.17) is 4.74 Å². The quantitative estimate of drug-likeness (QED) is 0.928. The number of ether oxygens (including phenoxy) is 1. The van der Waals surface area contributed by atoms with Gasteiger partial charge in [0.2, 0.25) is 0 Å². The van der Waals surface area contributed by atoms with Crippen molar-refractivity contribution < 1.29 is 4.74 Å². The van der Waals surface area contributed by atoms with Gasteiger partial charge in [0.25, 0.3) is 0 Å². The summed E-state index contributed by atoms with van der Waals surface area (Å²) in [5, 5.41) is 3.28. The Bertz CT molecular complexity index is 610. The van der Waals surface area contributed by atoms with Crippen LogP contribution in [0.2, 0.25) is 0 Å². The molecule has 2 heterocycles. The van der Waals surface area contributed by atoms with Gasteiger partial charge in [0.05, 0.1) is 6.61 Å². The number of nitrogens with zero attached hydrogens (tertiary/aromatic N) is 1. The van der Waals surface area contributed by atoms with Gasteiger partial charge in [0.15, 0.2) is 0 Å². The van der Waals surface area contributed by atoms with E-state index in [1.807, 2.05) is 26.2 Å². The van der Waals surface area contributed by atoms with E-state index in [2.05, 4.69) is 34.6 Å². The van der Waals surface area contributed by atoms with E-state index >= 15 is 0 Å². The highest BCUT2D eigenvalue weighted by Crippen LogP contribution is 2.41. The molecule has 0 radical (unpaired) electrons. The van der Waals surface area contributed by atoms with Crippen molar-refractivity contribution in [3.05, 3.63) is 47.8 Å². The zero-order valence-corrected chi connectivity index (χ0v) is 12.0. The Labute approximate surface area is 120 Å². The second-order valence-electron chi connectivity index (χ2n) is 5.25. The summed E-state index contributed by atoms with van der Waals surface area (Å²) in [6.45, 7) is 3.82. The lowest BCUT2D eigenvalue weighted by molar-refractivity contribution is 0.267. The first kappa shape index (κ1) is 13.1. The maximum atomic E-state index is 5.99. The van der Waals surface area contributed by atoms with Crippen LogP contribution in [-0.4, -0.2) is 25.2 Å². The first-order valence-electron chi connectivity index (χ1n) is 7.13. The van der Waals surface area contributed by atoms with Crippen LogP contribution in [-0.2, 0) is 0 Å². The van der Waals surface area contributed by atoms with E-state index in [9.17, 15) is 0 Å². The van der Waals surface area contributed by atoms with Crippen molar-refractivity contribution in [3.8, 4) is 16.9 Å². The number of fused-ring (bicyclic) bond motifs is 1. The molecule has 3 nitrogen and oxygen atoms in total. The van der Waals surface area contributed by atoms with E-state index in [1.165, 1.54) is 5.56 Å². The van der Waals surface area contributed by atoms with Gasteiger partial charge in [-0.05, 0) is 32.0 Å². The number of likely N-dealkylation sites (N-methyl/N-ethyl adjacent to an activating group) is 1. The van der Waals surface area contributed by atoms with Gasteiger partial charge in [0, 0.05) is 35.5 Å². The lowest BCUT2D eigenvalue weighted by Gasteiger charge is -2.27. The van der Waals surface area contributed by atoms with Gasteiger partial charge in [0.1, 0.15) is 5.75 Å². The fourth-order valence-corrected chi connectivity index (χ4v) is 2.94. The summed E-state index contributed by atoms with van der Waals surface area (Å²) in [4.78, 5) is 4.39. The third kappa shape index (κ3) is 2.29. The number of aryl methyl sites for hydroxylation is 1. The monoisotopic (exact) mass is 268 g/mol. The average Bonchev–Trinajstić information content (AvgIpc) is 2.48. The van der Waals surface area contributed by atoms with Gasteiger partial charge < -0.3 is 10.1 Å². The van der Waals surface area contributed by atoms with Crippen LogP contribution in [0.1, 0.15) is 23.6 Å². The van der Waals surface area contributed by atoms with Gasteiger partial charge in [-0.15, -0.1) is 0 Å². The molecule has 2 aromatic rings. The first-order valence-corrected chi connectivity index (χ1v) is 7.13. The number of para-hydroxylation sites is 1. The topological polar surface area (TPSA) is 34.1 Å². The molecule has 3 heteroatoms. The van der Waals surface area contributed by atoms with E-state index in [0.29, 0.717) is 5.92 Å². The van der Waals surface area contributed by atoms with Crippen molar-refractivity contribution in [3.63, 3.8) is 0 Å². The number of benzene rings is 1. The predicted octanol–water partition coefficient (Wildman–Crippen LogP) is 3.14. The molecule has 0 saturated carbocycles. The summed E-state index contributed by atoms with van der Waals surface area (Å²) in [6.07, 6.45) is 2.90. The van der Waals surface area contributed by atoms with Crippen LogP contribution in [0.25, 0.3) is 11.1 Å². The zero-order valence-electron chi connectivity index (χ0n) is 12.0. The standard InChI is InChI=1S/C17H20N2O/c1-12-14(7-4-9-19-12)16-6-3-5-15-13(11-18-2)8-10-20-17(15)16/h3-7,9,13,18H,8,10-11H2,1-2H3/t13-/m1/s1. The Balaban J connectivity index is 2.10. The van der Waals surface area contributed by atoms with E-state index in [0.717, 1.165) is 42.1 Å². The molecule has 0 unspecified atom stereocenters. The lowest BCUT2D eigenvalue weighted by Crippen LogP contribution is -2.23. The molecular formula is C17H20N2O. The van der Waals surface area contributed by atoms with E-state index in [-0.39, 0.29) is 0 Å². The van der Waals surface area contributed by atoms with Crippen molar-refractivity contribution in [1.82, 2.24) is 10.3 Å². The van der Waals surface area contributed by atoms with Crippen molar-refractivity contribution in [2.24, 2.45) is 0 Å². The van der Waals surface area contributed by atoms with E-state index < -0.39 is 0 Å². The lowest BCUT2D eigenvalue weighted by atomic mass is 9.89. The van der Waals surface area contributed by atoms with Crippen molar-refractivity contribution in [2.45, 2.75) is 19.3 Å². The Kier molecular flexibility index (Phi) is 3.70. The molecule has 0 saturated heterocycles. The number of pyridine rings is 1. The maximum absolute atomic E-state index is 5.99. The number of rotatable bonds is 3. The fourth-order valence-electron chi connectivity index (χ4n) is 2.94. The smallest absolute Gasteiger partial charge is 0.130 e. The Morgan fingerprint density at radius 3 is 2.90 bits per heavy atom. The fraction of sp³-hybridized carbons (Fsp3) is 0.353. The summed E-state index contributed by atoms with van der Waals surface area (Å²) in [6, 6.07) is 10.5. The molecule has 104 valence electrons. The van der Waals surface area contributed by atoms with Gasteiger partial charge in [-0.2, -0.15) is 0 Å². The number of hydrogen-bond donors (Lipinski definition) is 1.